The van der Waals surface area contributed by atoms with E-state index >= 15 is 0 Å². The highest BCUT2D eigenvalue weighted by molar-refractivity contribution is 8.04. The maximum atomic E-state index is 13.6. The predicted octanol–water partition coefficient (Wildman–Crippen LogP) is 6.93. The molecule has 202 valence electrons. The molecule has 0 atom stereocenters. The van der Waals surface area contributed by atoms with Gasteiger partial charge in [0.2, 0.25) is 0 Å². The Labute approximate surface area is 240 Å². The van der Waals surface area contributed by atoms with Gasteiger partial charge in [0.15, 0.2) is 0 Å². The molecule has 6 heteroatoms. The van der Waals surface area contributed by atoms with Gasteiger partial charge >= 0.3 is 0 Å². The molecule has 40 heavy (non-hydrogen) atoms. The van der Waals surface area contributed by atoms with Crippen LogP contribution in [0.5, 0.6) is 0 Å². The molecule has 4 aromatic rings. The largest absolute Gasteiger partial charge is 0.375 e. The standard InChI is InChI=1S/C34H33N3O2S/c1-25-11-6-7-12-28(25)24-37-30-15-8-9-16-31(30)40-32(34(37)39)23-26-17-19-27(20-18-26)33(38)35-21-10-22-36(2)29-13-4-3-5-14-29/h3-9,11-20,23H,10,21-22,24H2,1-2H3,(H,35,38). The number of carbonyl (C=O) groups is 2. The first kappa shape index (κ1) is 27.3. The molecule has 1 heterocycles. The van der Waals surface area contributed by atoms with Crippen molar-refractivity contribution in [1.82, 2.24) is 5.32 Å². The molecule has 0 unspecified atom stereocenters. The van der Waals surface area contributed by atoms with Crippen LogP contribution in [0.4, 0.5) is 11.4 Å². The predicted molar refractivity (Wildman–Crippen MR) is 166 cm³/mol. The van der Waals surface area contributed by atoms with Crippen LogP contribution >= 0.6 is 11.8 Å². The van der Waals surface area contributed by atoms with E-state index in [-0.39, 0.29) is 11.8 Å². The van der Waals surface area contributed by atoms with E-state index < -0.39 is 0 Å². The summed E-state index contributed by atoms with van der Waals surface area (Å²) in [7, 11) is 2.06. The molecule has 2 amide bonds. The summed E-state index contributed by atoms with van der Waals surface area (Å²) in [6.45, 7) is 4.04. The van der Waals surface area contributed by atoms with Crippen LogP contribution in [0.1, 0.15) is 33.5 Å². The number of nitrogens with zero attached hydrogens (tertiary/aromatic N) is 2. The zero-order valence-electron chi connectivity index (χ0n) is 22.8. The monoisotopic (exact) mass is 547 g/mol. The summed E-state index contributed by atoms with van der Waals surface area (Å²) in [4.78, 5) is 32.1. The number of amides is 2. The Kier molecular flexibility index (Phi) is 8.67. The SMILES string of the molecule is Cc1ccccc1CN1C(=O)C(=Cc2ccc(C(=O)NCCCN(C)c3ccccc3)cc2)Sc2ccccc21. The zero-order valence-corrected chi connectivity index (χ0v) is 23.7. The van der Waals surface area contributed by atoms with Gasteiger partial charge in [-0.2, -0.15) is 0 Å². The van der Waals surface area contributed by atoms with Crippen LogP contribution in [-0.2, 0) is 11.3 Å². The highest BCUT2D eigenvalue weighted by atomic mass is 32.2. The molecule has 0 fully saturated rings. The van der Waals surface area contributed by atoms with E-state index in [2.05, 4.69) is 54.5 Å². The smallest absolute Gasteiger partial charge is 0.265 e. The molecule has 0 saturated heterocycles. The van der Waals surface area contributed by atoms with E-state index in [0.717, 1.165) is 45.9 Å². The van der Waals surface area contributed by atoms with Gasteiger partial charge in [0.1, 0.15) is 0 Å². The average Bonchev–Trinajstić information content (AvgIpc) is 2.99. The van der Waals surface area contributed by atoms with Crippen LogP contribution in [-0.4, -0.2) is 32.0 Å². The minimum atomic E-state index is -0.0944. The molecule has 1 aliphatic rings. The first-order valence-corrected chi connectivity index (χ1v) is 14.3. The molecule has 0 saturated carbocycles. The quantitative estimate of drug-likeness (QED) is 0.182. The van der Waals surface area contributed by atoms with Gasteiger partial charge < -0.3 is 15.1 Å². The number of fused-ring (bicyclic) bond motifs is 1. The molecule has 5 nitrogen and oxygen atoms in total. The lowest BCUT2D eigenvalue weighted by molar-refractivity contribution is -0.114. The Morgan fingerprint density at radius 2 is 1.60 bits per heavy atom. The van der Waals surface area contributed by atoms with Gasteiger partial charge in [-0.1, -0.05) is 78.5 Å². The number of anilines is 2. The number of carbonyl (C=O) groups excluding carboxylic acids is 2. The van der Waals surface area contributed by atoms with E-state index in [9.17, 15) is 9.59 Å². The van der Waals surface area contributed by atoms with E-state index in [1.165, 1.54) is 11.8 Å². The minimum Gasteiger partial charge on any atom is -0.375 e. The Hall–Kier alpha value is -4.29. The summed E-state index contributed by atoms with van der Waals surface area (Å²) in [6.07, 6.45) is 2.76. The molecule has 1 N–H and O–H groups in total. The highest BCUT2D eigenvalue weighted by Crippen LogP contribution is 2.42. The fourth-order valence-corrected chi connectivity index (χ4v) is 5.75. The van der Waals surface area contributed by atoms with E-state index in [0.29, 0.717) is 23.6 Å². The van der Waals surface area contributed by atoms with Crippen molar-refractivity contribution >= 4 is 41.0 Å². The summed E-state index contributed by atoms with van der Waals surface area (Å²) >= 11 is 1.49. The third-order valence-electron chi connectivity index (χ3n) is 7.05. The summed E-state index contributed by atoms with van der Waals surface area (Å²) in [6, 6.07) is 33.8. The molecule has 1 aliphatic heterocycles. The van der Waals surface area contributed by atoms with Crippen LogP contribution in [0, 0.1) is 6.92 Å². The van der Waals surface area contributed by atoms with E-state index in [4.69, 9.17) is 0 Å². The van der Waals surface area contributed by atoms with Gasteiger partial charge in [-0.05, 0) is 72.5 Å². The molecule has 0 radical (unpaired) electrons. The molecular formula is C34H33N3O2S. The van der Waals surface area contributed by atoms with Gasteiger partial charge in [-0.25, -0.2) is 0 Å². The van der Waals surface area contributed by atoms with Crippen LogP contribution in [0.15, 0.2) is 113 Å². The first-order valence-electron chi connectivity index (χ1n) is 13.5. The van der Waals surface area contributed by atoms with Crippen LogP contribution in [0.2, 0.25) is 0 Å². The van der Waals surface area contributed by atoms with E-state index in [1.54, 1.807) is 0 Å². The van der Waals surface area contributed by atoms with Crippen LogP contribution in [0.25, 0.3) is 6.08 Å². The van der Waals surface area contributed by atoms with Gasteiger partial charge in [0, 0.05) is 36.3 Å². The van der Waals surface area contributed by atoms with Crippen molar-refractivity contribution in [3.05, 3.63) is 130 Å². The third kappa shape index (κ3) is 6.46. The first-order chi connectivity index (χ1) is 19.5. The van der Waals surface area contributed by atoms with Crippen molar-refractivity contribution in [3.63, 3.8) is 0 Å². The fraction of sp³-hybridized carbons (Fsp3) is 0.176. The summed E-state index contributed by atoms with van der Waals surface area (Å²) in [5, 5.41) is 3.01. The minimum absolute atomic E-state index is 0.0192. The third-order valence-corrected chi connectivity index (χ3v) is 8.12. The van der Waals surface area contributed by atoms with Gasteiger partial charge in [-0.15, -0.1) is 0 Å². The van der Waals surface area contributed by atoms with Crippen molar-refractivity contribution in [2.45, 2.75) is 24.8 Å². The topological polar surface area (TPSA) is 52.7 Å². The number of para-hydroxylation sites is 2. The lowest BCUT2D eigenvalue weighted by atomic mass is 10.1. The molecule has 0 spiro atoms. The Morgan fingerprint density at radius 1 is 0.900 bits per heavy atom. The number of hydrogen-bond donors (Lipinski definition) is 1. The number of thioether (sulfide) groups is 1. The fourth-order valence-electron chi connectivity index (χ4n) is 4.69. The summed E-state index contributed by atoms with van der Waals surface area (Å²) in [5.41, 5.74) is 5.86. The highest BCUT2D eigenvalue weighted by Gasteiger charge is 2.29. The second-order valence-electron chi connectivity index (χ2n) is 9.88. The van der Waals surface area contributed by atoms with Crippen molar-refractivity contribution in [3.8, 4) is 0 Å². The molecule has 4 aromatic carbocycles. The van der Waals surface area contributed by atoms with Gasteiger partial charge in [-0.3, -0.25) is 9.59 Å². The molecule has 0 bridgehead atoms. The summed E-state index contributed by atoms with van der Waals surface area (Å²) < 4.78 is 0. The second kappa shape index (κ2) is 12.7. The summed E-state index contributed by atoms with van der Waals surface area (Å²) in [5.74, 6) is -0.114. The van der Waals surface area contributed by atoms with Crippen molar-refractivity contribution in [2.24, 2.45) is 0 Å². The lowest BCUT2D eigenvalue weighted by Gasteiger charge is -2.31. The number of hydrogen-bond acceptors (Lipinski definition) is 4. The number of rotatable bonds is 9. The van der Waals surface area contributed by atoms with Crippen molar-refractivity contribution in [1.29, 1.82) is 0 Å². The average molecular weight is 548 g/mol. The second-order valence-corrected chi connectivity index (χ2v) is 11.0. The van der Waals surface area contributed by atoms with Gasteiger partial charge in [0.25, 0.3) is 11.8 Å². The van der Waals surface area contributed by atoms with Crippen molar-refractivity contribution < 1.29 is 9.59 Å². The zero-order chi connectivity index (χ0) is 27.9. The molecule has 0 aromatic heterocycles. The Balaban J connectivity index is 1.23. The number of benzene rings is 4. The number of aryl methyl sites for hydroxylation is 1. The molecule has 5 rings (SSSR count). The maximum Gasteiger partial charge on any atom is 0.265 e. The van der Waals surface area contributed by atoms with Gasteiger partial charge in [0.05, 0.1) is 17.1 Å². The van der Waals surface area contributed by atoms with E-state index in [1.807, 2.05) is 83.8 Å². The number of nitrogens with one attached hydrogen (secondary N) is 1. The van der Waals surface area contributed by atoms with Crippen LogP contribution in [0.3, 0.4) is 0 Å². The Morgan fingerprint density at radius 3 is 2.38 bits per heavy atom. The lowest BCUT2D eigenvalue weighted by Crippen LogP contribution is -2.33. The molecule has 0 aliphatic carbocycles. The van der Waals surface area contributed by atoms with Crippen molar-refractivity contribution in [2.75, 3.05) is 29.9 Å². The maximum absolute atomic E-state index is 13.6. The van der Waals surface area contributed by atoms with Crippen LogP contribution < -0.4 is 15.1 Å². The molecular weight excluding hydrogens is 514 g/mol. The normalized spacial score (nSPS) is 13.7. The Bertz CT molecular complexity index is 1520.